The highest BCUT2D eigenvalue weighted by Crippen LogP contribution is 2.41. The van der Waals surface area contributed by atoms with Crippen molar-refractivity contribution in [1.82, 2.24) is 0 Å². The van der Waals surface area contributed by atoms with Gasteiger partial charge in [-0.25, -0.2) is 0 Å². The zero-order valence-electron chi connectivity index (χ0n) is 26.5. The molecule has 1 unspecified atom stereocenters. The van der Waals surface area contributed by atoms with Gasteiger partial charge >= 0.3 is 0 Å². The van der Waals surface area contributed by atoms with Crippen molar-refractivity contribution in [2.75, 3.05) is 6.16 Å². The van der Waals surface area contributed by atoms with E-state index in [2.05, 4.69) is 101 Å². The molecule has 0 radical (unpaired) electrons. The second-order valence-corrected chi connectivity index (χ2v) is 9.74. The zero-order chi connectivity index (χ0) is 28.6. The van der Waals surface area contributed by atoms with Crippen molar-refractivity contribution in [3.63, 3.8) is 0 Å². The molecule has 1 heterocycles. The molecule has 1 aliphatic rings. The third-order valence-electron chi connectivity index (χ3n) is 4.32. The van der Waals surface area contributed by atoms with Crippen LogP contribution in [0, 0.1) is 5.41 Å². The normalized spacial score (nSPS) is 12.0. The van der Waals surface area contributed by atoms with E-state index in [0.717, 1.165) is 8.58 Å². The quantitative estimate of drug-likeness (QED) is 0.202. The largest absolute Gasteiger partial charge is 0.106 e. The van der Waals surface area contributed by atoms with Gasteiger partial charge in [0.15, 0.2) is 0 Å². The Balaban J connectivity index is -0.0000000717. The van der Waals surface area contributed by atoms with E-state index < -0.39 is 0 Å². The monoisotopic (exact) mass is 494 g/mol. The molecule has 204 valence electrons. The summed E-state index contributed by atoms with van der Waals surface area (Å²) in [6.45, 7) is 41.5. The molecule has 0 bridgehead atoms. The molecule has 34 heavy (non-hydrogen) atoms. The number of hydrogen-bond donors (Lipinski definition) is 0. The van der Waals surface area contributed by atoms with Gasteiger partial charge < -0.3 is 0 Å². The van der Waals surface area contributed by atoms with Gasteiger partial charge in [-0.1, -0.05) is 144 Å². The Bertz CT molecular complexity index is 503. The SMILES string of the molecule is C/C=C(\C)CCC.C/C=C\C=C(C)C.C=C.C=CC1=C(CC)CP1.CC.CC.CCC(C)(C)C. The lowest BCUT2D eigenvalue weighted by Gasteiger charge is -2.19. The van der Waals surface area contributed by atoms with Crippen molar-refractivity contribution in [3.8, 4) is 0 Å². The summed E-state index contributed by atoms with van der Waals surface area (Å²) in [6.07, 6.45) is 16.7. The van der Waals surface area contributed by atoms with Crippen LogP contribution in [0.4, 0.5) is 0 Å². The molecule has 0 saturated carbocycles. The first kappa shape index (κ1) is 46.2. The molecule has 0 aromatic heterocycles. The van der Waals surface area contributed by atoms with Crippen molar-refractivity contribution < 1.29 is 0 Å². The van der Waals surface area contributed by atoms with E-state index in [9.17, 15) is 0 Å². The molecule has 0 fully saturated rings. The summed E-state index contributed by atoms with van der Waals surface area (Å²) in [4.78, 5) is 0. The van der Waals surface area contributed by atoms with Gasteiger partial charge in [-0.2, -0.15) is 0 Å². The fourth-order valence-electron chi connectivity index (χ4n) is 1.67. The molecule has 0 spiro atoms. The molecule has 1 atom stereocenters. The van der Waals surface area contributed by atoms with E-state index in [4.69, 9.17) is 0 Å². The first-order valence-electron chi connectivity index (χ1n) is 13.5. The van der Waals surface area contributed by atoms with E-state index in [1.165, 1.54) is 48.3 Å². The molecule has 0 aromatic carbocycles. The van der Waals surface area contributed by atoms with E-state index in [0.29, 0.717) is 5.41 Å². The second-order valence-electron chi connectivity index (χ2n) is 8.50. The molecule has 1 heteroatoms. The lowest BCUT2D eigenvalue weighted by atomic mass is 9.94. The maximum absolute atomic E-state index is 3.73. The molecule has 1 aliphatic heterocycles. The van der Waals surface area contributed by atoms with Gasteiger partial charge in [0, 0.05) is 0 Å². The van der Waals surface area contributed by atoms with E-state index in [1.54, 1.807) is 5.57 Å². The third kappa shape index (κ3) is 48.3. The predicted molar refractivity (Wildman–Crippen MR) is 173 cm³/mol. The van der Waals surface area contributed by atoms with E-state index in [1.807, 2.05) is 52.8 Å². The van der Waals surface area contributed by atoms with Crippen LogP contribution >= 0.6 is 8.58 Å². The minimum Gasteiger partial charge on any atom is -0.106 e. The molecule has 0 nitrogen and oxygen atoms in total. The van der Waals surface area contributed by atoms with Crippen molar-refractivity contribution >= 4 is 8.58 Å². The number of hydrogen-bond acceptors (Lipinski definition) is 0. The highest BCUT2D eigenvalue weighted by molar-refractivity contribution is 7.45. The zero-order valence-corrected chi connectivity index (χ0v) is 27.5. The molecule has 0 aliphatic carbocycles. The van der Waals surface area contributed by atoms with Crippen LogP contribution in [-0.4, -0.2) is 6.16 Å². The van der Waals surface area contributed by atoms with Gasteiger partial charge in [0.25, 0.3) is 0 Å². The molecule has 0 N–H and O–H groups in total. The average molecular weight is 495 g/mol. The Hall–Kier alpha value is -1.13. The van der Waals surface area contributed by atoms with Gasteiger partial charge in [0.2, 0.25) is 0 Å². The molecular formula is C33H67P. The summed E-state index contributed by atoms with van der Waals surface area (Å²) in [5, 5.41) is 1.52. The molecule has 0 amide bonds. The van der Waals surface area contributed by atoms with Crippen LogP contribution in [0.5, 0.6) is 0 Å². The van der Waals surface area contributed by atoms with Gasteiger partial charge in [-0.3, -0.25) is 0 Å². The summed E-state index contributed by atoms with van der Waals surface area (Å²) in [5.74, 6) is 0. The molecule has 0 saturated heterocycles. The smallest absolute Gasteiger partial charge is 0.00924 e. The van der Waals surface area contributed by atoms with Crippen molar-refractivity contribution in [1.29, 1.82) is 0 Å². The Morgan fingerprint density at radius 2 is 1.38 bits per heavy atom. The van der Waals surface area contributed by atoms with Crippen LogP contribution in [0.25, 0.3) is 0 Å². The first-order chi connectivity index (χ1) is 16.0. The fraction of sp³-hybridized carbons (Fsp3) is 0.636. The Morgan fingerprint density at radius 1 is 0.941 bits per heavy atom. The molecular weight excluding hydrogens is 427 g/mol. The van der Waals surface area contributed by atoms with Crippen molar-refractivity contribution in [3.05, 3.63) is 72.2 Å². The summed E-state index contributed by atoms with van der Waals surface area (Å²) < 4.78 is 0. The summed E-state index contributed by atoms with van der Waals surface area (Å²) in [7, 11) is 1.06. The topological polar surface area (TPSA) is 0 Å². The maximum Gasteiger partial charge on any atom is -0.00924 e. The summed E-state index contributed by atoms with van der Waals surface area (Å²) in [6, 6.07) is 0. The van der Waals surface area contributed by atoms with E-state index >= 15 is 0 Å². The highest BCUT2D eigenvalue weighted by Gasteiger charge is 2.10. The standard InChI is InChI=1S/C7H11P.C7H12.C7H14.C6H14.2C2H6.C2H4/c1-3-6-5-8-7(6)4-2;1-4-5-6-7(2)3;1-4-6-7(3)5-2;1-5-6(2,3)4;3*1-2/h4,8H,2-3,5H2,1H3;4-6H,1-3H3;5H,4,6H2,1-3H3;5H2,1-4H3;2*1-2H3;1-2H2/b;5-4-;7-5+;;;;. The average Bonchev–Trinajstić information content (AvgIpc) is 2.82. The van der Waals surface area contributed by atoms with Crippen LogP contribution < -0.4 is 0 Å². The molecule has 1 rings (SSSR count). The van der Waals surface area contributed by atoms with Crippen LogP contribution in [0.15, 0.2) is 72.2 Å². The van der Waals surface area contributed by atoms with E-state index in [-0.39, 0.29) is 0 Å². The number of rotatable bonds is 5. The van der Waals surface area contributed by atoms with Gasteiger partial charge in [-0.05, 0) is 64.4 Å². The Morgan fingerprint density at radius 3 is 1.47 bits per heavy atom. The highest BCUT2D eigenvalue weighted by atomic mass is 31.1. The fourth-order valence-corrected chi connectivity index (χ4v) is 2.88. The van der Waals surface area contributed by atoms with Crippen LogP contribution in [0.3, 0.4) is 0 Å². The van der Waals surface area contributed by atoms with Crippen LogP contribution in [0.1, 0.15) is 130 Å². The Labute approximate surface area is 221 Å². The first-order valence-corrected chi connectivity index (χ1v) is 14.7. The lowest BCUT2D eigenvalue weighted by Crippen LogP contribution is -2.00. The number of allylic oxidation sites excluding steroid dienone is 9. The molecule has 0 aromatic rings. The summed E-state index contributed by atoms with van der Waals surface area (Å²) >= 11 is 0. The van der Waals surface area contributed by atoms with Gasteiger partial charge in [0.1, 0.15) is 0 Å². The van der Waals surface area contributed by atoms with Gasteiger partial charge in [-0.15, -0.1) is 13.2 Å². The van der Waals surface area contributed by atoms with Crippen molar-refractivity contribution in [2.24, 2.45) is 5.41 Å². The maximum atomic E-state index is 3.73. The van der Waals surface area contributed by atoms with Crippen LogP contribution in [0.2, 0.25) is 0 Å². The van der Waals surface area contributed by atoms with Crippen LogP contribution in [-0.2, 0) is 0 Å². The predicted octanol–water partition coefficient (Wildman–Crippen LogP) is 13.1. The minimum absolute atomic E-state index is 0.542. The van der Waals surface area contributed by atoms with Gasteiger partial charge in [0.05, 0.1) is 0 Å². The van der Waals surface area contributed by atoms with Crippen molar-refractivity contribution in [2.45, 2.75) is 130 Å². The lowest BCUT2D eigenvalue weighted by molar-refractivity contribution is 0.398. The Kier molecular flexibility index (Phi) is 53.2. The summed E-state index contributed by atoms with van der Waals surface area (Å²) in [5.41, 5.74) is 5.01. The minimum atomic E-state index is 0.542. The third-order valence-corrected chi connectivity index (χ3v) is 5.87. The second kappa shape index (κ2) is 39.1.